The number of hydrogen-bond donors (Lipinski definition) is 2. The van der Waals surface area contributed by atoms with Crippen LogP contribution in [0.1, 0.15) is 6.42 Å². The van der Waals surface area contributed by atoms with Gasteiger partial charge in [0.25, 0.3) is 10.1 Å². The lowest BCUT2D eigenvalue weighted by atomic mass is 10.3. The van der Waals surface area contributed by atoms with Crippen molar-refractivity contribution in [3.8, 4) is 0 Å². The smallest absolute Gasteiger partial charge is 0.324 e. The zero-order chi connectivity index (χ0) is 9.07. The normalized spacial score (nSPS) is 13.9. The Morgan fingerprint density at radius 2 is 2.09 bits per heavy atom. The van der Waals surface area contributed by atoms with Crippen LogP contribution in [-0.4, -0.2) is 29.3 Å². The van der Waals surface area contributed by atoms with E-state index in [0.717, 1.165) is 6.08 Å². The Bertz CT molecular complexity index is 252. The molecule has 0 aliphatic carbocycles. The van der Waals surface area contributed by atoms with Gasteiger partial charge >= 0.3 is 5.97 Å². The van der Waals surface area contributed by atoms with E-state index in [1.807, 2.05) is 0 Å². The van der Waals surface area contributed by atoms with Gasteiger partial charge in [-0.2, -0.15) is 8.42 Å². The summed E-state index contributed by atoms with van der Waals surface area (Å²) in [5.41, 5.74) is 0. The van der Waals surface area contributed by atoms with E-state index in [1.165, 1.54) is 0 Å². The predicted octanol–water partition coefficient (Wildman–Crippen LogP) is -0.0965. The highest BCUT2D eigenvalue weighted by Gasteiger charge is 2.28. The third kappa shape index (κ3) is 3.15. The Morgan fingerprint density at radius 3 is 2.18 bits per heavy atom. The maximum atomic E-state index is 10.3. The lowest BCUT2D eigenvalue weighted by Crippen LogP contribution is -2.28. The van der Waals surface area contributed by atoms with Gasteiger partial charge in [0.15, 0.2) is 5.25 Å². The van der Waals surface area contributed by atoms with E-state index in [4.69, 9.17) is 9.66 Å². The Balaban J connectivity index is 4.62. The number of carboxylic acids is 1. The monoisotopic (exact) mass is 180 g/mol. The molecule has 0 amide bonds. The molecule has 5 nitrogen and oxygen atoms in total. The van der Waals surface area contributed by atoms with Crippen molar-refractivity contribution in [3.63, 3.8) is 0 Å². The zero-order valence-corrected chi connectivity index (χ0v) is 6.41. The van der Waals surface area contributed by atoms with Crippen LogP contribution in [0, 0.1) is 0 Å². The average Bonchev–Trinajstić information content (AvgIpc) is 1.79. The van der Waals surface area contributed by atoms with E-state index >= 15 is 0 Å². The molecule has 1 unspecified atom stereocenters. The predicted molar refractivity (Wildman–Crippen MR) is 37.8 cm³/mol. The minimum Gasteiger partial charge on any atom is -0.480 e. The van der Waals surface area contributed by atoms with Crippen molar-refractivity contribution < 1.29 is 22.9 Å². The Hall–Kier alpha value is -0.880. The van der Waals surface area contributed by atoms with Crippen LogP contribution in [0.2, 0.25) is 0 Å². The fourth-order valence-electron chi connectivity index (χ4n) is 0.501. The third-order valence-electron chi connectivity index (χ3n) is 1.02. The summed E-state index contributed by atoms with van der Waals surface area (Å²) < 4.78 is 28.9. The summed E-state index contributed by atoms with van der Waals surface area (Å²) in [7, 11) is -4.50. The summed E-state index contributed by atoms with van der Waals surface area (Å²) in [6.07, 6.45) is 0.820. The highest BCUT2D eigenvalue weighted by atomic mass is 32.2. The van der Waals surface area contributed by atoms with Gasteiger partial charge in [0, 0.05) is 0 Å². The molecule has 1 atom stereocenters. The van der Waals surface area contributed by atoms with Crippen molar-refractivity contribution in [2.45, 2.75) is 11.7 Å². The molecule has 0 fully saturated rings. The minimum atomic E-state index is -4.50. The summed E-state index contributed by atoms with van der Waals surface area (Å²) >= 11 is 0. The number of hydrogen-bond acceptors (Lipinski definition) is 3. The van der Waals surface area contributed by atoms with Gasteiger partial charge in [-0.15, -0.1) is 6.58 Å². The van der Waals surface area contributed by atoms with Crippen LogP contribution in [-0.2, 0) is 14.9 Å². The number of aliphatic carboxylic acids is 1. The summed E-state index contributed by atoms with van der Waals surface area (Å²) in [6.45, 7) is 3.16. The Morgan fingerprint density at radius 1 is 1.64 bits per heavy atom. The van der Waals surface area contributed by atoms with Gasteiger partial charge in [-0.3, -0.25) is 9.35 Å². The molecule has 0 saturated heterocycles. The zero-order valence-electron chi connectivity index (χ0n) is 5.60. The highest BCUT2D eigenvalue weighted by Crippen LogP contribution is 2.04. The molecule has 0 rings (SSSR count). The van der Waals surface area contributed by atoms with Crippen LogP contribution in [0.15, 0.2) is 12.7 Å². The first-order valence-corrected chi connectivity index (χ1v) is 4.20. The van der Waals surface area contributed by atoms with Gasteiger partial charge in [0.2, 0.25) is 0 Å². The summed E-state index contributed by atoms with van der Waals surface area (Å²) in [6, 6.07) is 0. The lowest BCUT2D eigenvalue weighted by Gasteiger charge is -2.04. The molecule has 11 heavy (non-hydrogen) atoms. The molecule has 0 aromatic rings. The van der Waals surface area contributed by atoms with Crippen LogP contribution in [0.3, 0.4) is 0 Å². The molecule has 0 aliphatic heterocycles. The van der Waals surface area contributed by atoms with E-state index < -0.39 is 21.3 Å². The maximum Gasteiger partial charge on any atom is 0.324 e. The second-order valence-electron chi connectivity index (χ2n) is 1.87. The topological polar surface area (TPSA) is 91.7 Å². The van der Waals surface area contributed by atoms with Crippen molar-refractivity contribution in [3.05, 3.63) is 12.7 Å². The van der Waals surface area contributed by atoms with Crippen molar-refractivity contribution in [1.82, 2.24) is 0 Å². The second kappa shape index (κ2) is 3.49. The van der Waals surface area contributed by atoms with Gasteiger partial charge in [-0.1, -0.05) is 6.08 Å². The van der Waals surface area contributed by atoms with Crippen LogP contribution >= 0.6 is 0 Å². The van der Waals surface area contributed by atoms with Crippen molar-refractivity contribution in [2.24, 2.45) is 0 Å². The van der Waals surface area contributed by atoms with E-state index in [-0.39, 0.29) is 6.42 Å². The number of rotatable bonds is 4. The molecular formula is C5H8O5S. The largest absolute Gasteiger partial charge is 0.480 e. The summed E-state index contributed by atoms with van der Waals surface area (Å²) in [4.78, 5) is 10.1. The highest BCUT2D eigenvalue weighted by molar-refractivity contribution is 7.87. The van der Waals surface area contributed by atoms with Gasteiger partial charge in [0.05, 0.1) is 0 Å². The van der Waals surface area contributed by atoms with Gasteiger partial charge in [-0.25, -0.2) is 0 Å². The van der Waals surface area contributed by atoms with E-state index in [0.29, 0.717) is 0 Å². The average molecular weight is 180 g/mol. The fraction of sp³-hybridized carbons (Fsp3) is 0.400. The molecule has 0 radical (unpaired) electrons. The number of carboxylic acid groups (broad SMARTS) is 1. The fourth-order valence-corrected chi connectivity index (χ4v) is 1.14. The molecule has 0 saturated carbocycles. The molecular weight excluding hydrogens is 172 g/mol. The van der Waals surface area contributed by atoms with Gasteiger partial charge < -0.3 is 5.11 Å². The first-order chi connectivity index (χ1) is 4.89. The molecule has 0 bridgehead atoms. The Kier molecular flexibility index (Phi) is 3.21. The molecule has 2 N–H and O–H groups in total. The lowest BCUT2D eigenvalue weighted by molar-refractivity contribution is -0.136. The first-order valence-electron chi connectivity index (χ1n) is 2.69. The van der Waals surface area contributed by atoms with Crippen molar-refractivity contribution in [2.75, 3.05) is 0 Å². The van der Waals surface area contributed by atoms with Crippen molar-refractivity contribution >= 4 is 16.1 Å². The Labute approximate surface area is 64.1 Å². The molecule has 0 heterocycles. The van der Waals surface area contributed by atoms with Crippen LogP contribution in [0.25, 0.3) is 0 Å². The molecule has 6 heteroatoms. The molecule has 64 valence electrons. The van der Waals surface area contributed by atoms with E-state index in [2.05, 4.69) is 6.58 Å². The van der Waals surface area contributed by atoms with Crippen LogP contribution in [0.5, 0.6) is 0 Å². The molecule has 0 spiro atoms. The van der Waals surface area contributed by atoms with Crippen LogP contribution < -0.4 is 0 Å². The summed E-state index contributed by atoms with van der Waals surface area (Å²) in [5, 5.41) is 6.46. The standard InChI is InChI=1S/C5H8O5S/c1-2-3-4(5(6)7)11(8,9)10/h2,4H,1,3H2,(H,6,7)(H,8,9,10). The van der Waals surface area contributed by atoms with Gasteiger partial charge in [0.1, 0.15) is 0 Å². The quantitative estimate of drug-likeness (QED) is 0.465. The first kappa shape index (κ1) is 10.1. The molecule has 0 aromatic heterocycles. The van der Waals surface area contributed by atoms with E-state index in [1.54, 1.807) is 0 Å². The van der Waals surface area contributed by atoms with Gasteiger partial charge in [-0.05, 0) is 6.42 Å². The van der Waals surface area contributed by atoms with E-state index in [9.17, 15) is 13.2 Å². The molecule has 0 aromatic carbocycles. The van der Waals surface area contributed by atoms with Crippen LogP contribution in [0.4, 0.5) is 0 Å². The number of allylic oxidation sites excluding steroid dienone is 1. The SMILES string of the molecule is C=CCC(C(=O)O)S(=O)(=O)O. The minimum absolute atomic E-state index is 0.297. The summed E-state index contributed by atoms with van der Waals surface area (Å²) in [5.74, 6) is -1.58. The maximum absolute atomic E-state index is 10.3. The second-order valence-corrected chi connectivity index (χ2v) is 3.47. The number of carbonyl (C=O) groups is 1. The third-order valence-corrected chi connectivity index (χ3v) is 2.13. The molecule has 0 aliphatic rings. The van der Waals surface area contributed by atoms with Crippen molar-refractivity contribution in [1.29, 1.82) is 0 Å².